The molecule has 0 aliphatic carbocycles. The summed E-state index contributed by atoms with van der Waals surface area (Å²) in [4.78, 5) is 21.1. The number of thioether (sulfide) groups is 1. The third-order valence-corrected chi connectivity index (χ3v) is 6.29. The van der Waals surface area contributed by atoms with Crippen LogP contribution in [0.5, 0.6) is 11.5 Å². The number of hydrogen-bond acceptors (Lipinski definition) is 11. The molecule has 4 aromatic rings. The van der Waals surface area contributed by atoms with E-state index in [1.807, 2.05) is 35.9 Å². The number of anilines is 1. The van der Waals surface area contributed by atoms with E-state index in [2.05, 4.69) is 20.2 Å². The standard InChI is InChI=1S/C22H22N6O5S/c1-4-30-21(29)16-11(2)32-20-17(16)18(23)24-15(25-20)10-34-22-27-26-19(28(22)3)14-9-31-12-7-5-6-8-13(12)33-14/h5-8,14H,4,9-10H2,1-3H3,(H2,23,24,25). The Morgan fingerprint density at radius 3 is 2.85 bits per heavy atom. The van der Waals surface area contributed by atoms with Crippen LogP contribution in [0.1, 0.15) is 40.8 Å². The van der Waals surface area contributed by atoms with E-state index in [4.69, 9.17) is 24.4 Å². The van der Waals surface area contributed by atoms with Gasteiger partial charge in [0.2, 0.25) is 5.71 Å². The maximum Gasteiger partial charge on any atom is 0.342 e. The topological polar surface area (TPSA) is 140 Å². The number of nitrogen functional groups attached to an aromatic ring is 1. The summed E-state index contributed by atoms with van der Waals surface area (Å²) in [5.41, 5.74) is 6.65. The lowest BCUT2D eigenvalue weighted by molar-refractivity contribution is 0.0526. The van der Waals surface area contributed by atoms with Gasteiger partial charge in [-0.1, -0.05) is 23.9 Å². The van der Waals surface area contributed by atoms with E-state index in [1.54, 1.807) is 13.8 Å². The van der Waals surface area contributed by atoms with Crippen LogP contribution in [-0.2, 0) is 17.5 Å². The number of para-hydroxylation sites is 2. The average molecular weight is 483 g/mol. The fourth-order valence-corrected chi connectivity index (χ4v) is 4.48. The van der Waals surface area contributed by atoms with Crippen molar-refractivity contribution in [2.45, 2.75) is 30.9 Å². The largest absolute Gasteiger partial charge is 0.485 e. The lowest BCUT2D eigenvalue weighted by atomic mass is 10.2. The van der Waals surface area contributed by atoms with Crippen molar-refractivity contribution in [3.63, 3.8) is 0 Å². The number of furan rings is 1. The summed E-state index contributed by atoms with van der Waals surface area (Å²) in [5, 5.41) is 9.59. The zero-order valence-electron chi connectivity index (χ0n) is 18.8. The molecule has 3 aromatic heterocycles. The van der Waals surface area contributed by atoms with E-state index >= 15 is 0 Å². The van der Waals surface area contributed by atoms with Crippen LogP contribution >= 0.6 is 11.8 Å². The summed E-state index contributed by atoms with van der Waals surface area (Å²) < 4.78 is 24.5. The van der Waals surface area contributed by atoms with Gasteiger partial charge in [0.25, 0.3) is 0 Å². The fourth-order valence-electron chi connectivity index (χ4n) is 3.71. The number of benzene rings is 1. The monoisotopic (exact) mass is 482 g/mol. The molecule has 1 unspecified atom stereocenters. The van der Waals surface area contributed by atoms with Gasteiger partial charge in [-0.2, -0.15) is 4.98 Å². The molecule has 0 amide bonds. The molecule has 1 aliphatic rings. The minimum absolute atomic E-state index is 0.158. The summed E-state index contributed by atoms with van der Waals surface area (Å²) >= 11 is 1.39. The van der Waals surface area contributed by atoms with Crippen molar-refractivity contribution in [3.8, 4) is 11.5 Å². The van der Waals surface area contributed by atoms with E-state index in [0.717, 1.165) is 0 Å². The molecule has 0 bridgehead atoms. The second kappa shape index (κ2) is 8.86. The number of rotatable bonds is 6. The van der Waals surface area contributed by atoms with Crippen molar-refractivity contribution >= 4 is 34.6 Å². The first-order valence-corrected chi connectivity index (χ1v) is 11.6. The Bertz CT molecular complexity index is 1380. The Balaban J connectivity index is 1.33. The smallest absolute Gasteiger partial charge is 0.342 e. The highest BCUT2D eigenvalue weighted by Crippen LogP contribution is 2.36. The highest BCUT2D eigenvalue weighted by molar-refractivity contribution is 7.98. The minimum atomic E-state index is -0.515. The number of aromatic nitrogens is 5. The molecule has 1 aromatic carbocycles. The normalized spacial score (nSPS) is 15.0. The zero-order chi connectivity index (χ0) is 23.8. The van der Waals surface area contributed by atoms with Crippen LogP contribution < -0.4 is 15.2 Å². The summed E-state index contributed by atoms with van der Waals surface area (Å²) in [6, 6.07) is 7.51. The summed E-state index contributed by atoms with van der Waals surface area (Å²) in [6.45, 7) is 3.97. The summed E-state index contributed by atoms with van der Waals surface area (Å²) in [5.74, 6) is 2.86. The first kappa shape index (κ1) is 22.0. The van der Waals surface area contributed by atoms with Crippen molar-refractivity contribution in [1.29, 1.82) is 0 Å². The minimum Gasteiger partial charge on any atom is -0.485 e. The predicted octanol–water partition coefficient (Wildman–Crippen LogP) is 3.22. The molecule has 0 saturated carbocycles. The van der Waals surface area contributed by atoms with Crippen LogP contribution in [0.2, 0.25) is 0 Å². The average Bonchev–Trinajstić information content (AvgIpc) is 3.36. The van der Waals surface area contributed by atoms with Gasteiger partial charge < -0.3 is 28.9 Å². The van der Waals surface area contributed by atoms with Crippen LogP contribution in [0, 0.1) is 6.92 Å². The number of hydrogen-bond donors (Lipinski definition) is 1. The van der Waals surface area contributed by atoms with Gasteiger partial charge in [-0.05, 0) is 26.0 Å². The van der Waals surface area contributed by atoms with E-state index < -0.39 is 5.97 Å². The van der Waals surface area contributed by atoms with Crippen LogP contribution in [0.25, 0.3) is 11.1 Å². The molecule has 12 heteroatoms. The highest BCUT2D eigenvalue weighted by Gasteiger charge is 2.28. The summed E-state index contributed by atoms with van der Waals surface area (Å²) in [7, 11) is 1.86. The van der Waals surface area contributed by atoms with Gasteiger partial charge >= 0.3 is 5.97 Å². The number of carbonyl (C=O) groups excluding carboxylic acids is 1. The van der Waals surface area contributed by atoms with E-state index in [1.165, 1.54) is 11.8 Å². The van der Waals surface area contributed by atoms with E-state index in [9.17, 15) is 4.79 Å². The molecule has 1 atom stereocenters. The van der Waals surface area contributed by atoms with Crippen molar-refractivity contribution < 1.29 is 23.4 Å². The molecule has 4 heterocycles. The van der Waals surface area contributed by atoms with Gasteiger partial charge in [0.15, 0.2) is 28.6 Å². The number of esters is 1. The number of ether oxygens (including phenoxy) is 3. The van der Waals surface area contributed by atoms with Crippen LogP contribution in [0.3, 0.4) is 0 Å². The van der Waals surface area contributed by atoms with Gasteiger partial charge in [-0.25, -0.2) is 9.78 Å². The molecule has 0 fully saturated rings. The molecule has 2 N–H and O–H groups in total. The van der Waals surface area contributed by atoms with E-state index in [-0.39, 0.29) is 29.8 Å². The van der Waals surface area contributed by atoms with Crippen LogP contribution in [0.4, 0.5) is 5.82 Å². The summed E-state index contributed by atoms with van der Waals surface area (Å²) in [6.07, 6.45) is -0.377. The zero-order valence-corrected chi connectivity index (χ0v) is 19.6. The fraction of sp³-hybridized carbons (Fsp3) is 0.318. The van der Waals surface area contributed by atoms with Crippen molar-refractivity contribution in [3.05, 3.63) is 47.2 Å². The Morgan fingerprint density at radius 1 is 1.26 bits per heavy atom. The molecule has 34 heavy (non-hydrogen) atoms. The van der Waals surface area contributed by atoms with Gasteiger partial charge in [-0.3, -0.25) is 0 Å². The number of fused-ring (bicyclic) bond motifs is 2. The third-order valence-electron chi connectivity index (χ3n) is 5.28. The second-order valence-electron chi connectivity index (χ2n) is 7.51. The molecule has 0 radical (unpaired) electrons. The number of carbonyl (C=O) groups is 1. The Morgan fingerprint density at radius 2 is 2.06 bits per heavy atom. The molecule has 0 saturated heterocycles. The maximum absolute atomic E-state index is 12.3. The molecule has 11 nitrogen and oxygen atoms in total. The van der Waals surface area contributed by atoms with Crippen molar-refractivity contribution in [2.75, 3.05) is 18.9 Å². The predicted molar refractivity (Wildman–Crippen MR) is 123 cm³/mol. The van der Waals surface area contributed by atoms with Gasteiger partial charge in [0, 0.05) is 7.05 Å². The van der Waals surface area contributed by atoms with Gasteiger partial charge in [0.05, 0.1) is 17.7 Å². The molecular weight excluding hydrogens is 460 g/mol. The first-order valence-electron chi connectivity index (χ1n) is 10.6. The first-order chi connectivity index (χ1) is 16.5. The van der Waals surface area contributed by atoms with Gasteiger partial charge in [-0.15, -0.1) is 10.2 Å². The lowest BCUT2D eigenvalue weighted by Gasteiger charge is -2.25. The van der Waals surface area contributed by atoms with Crippen molar-refractivity contribution in [2.24, 2.45) is 7.05 Å². The van der Waals surface area contributed by atoms with Crippen LogP contribution in [0.15, 0.2) is 33.8 Å². The second-order valence-corrected chi connectivity index (χ2v) is 8.45. The quantitative estimate of drug-likeness (QED) is 0.320. The van der Waals surface area contributed by atoms with Gasteiger partial charge in [0.1, 0.15) is 29.6 Å². The molecule has 0 spiro atoms. The Kier molecular flexibility index (Phi) is 5.74. The Hall–Kier alpha value is -3.80. The maximum atomic E-state index is 12.3. The van der Waals surface area contributed by atoms with Crippen molar-refractivity contribution in [1.82, 2.24) is 24.7 Å². The molecular formula is C22H22N6O5S. The van der Waals surface area contributed by atoms with E-state index in [0.29, 0.717) is 51.8 Å². The number of nitrogens with two attached hydrogens (primary N) is 1. The molecule has 5 rings (SSSR count). The highest BCUT2D eigenvalue weighted by atomic mass is 32.2. The third kappa shape index (κ3) is 3.89. The van der Waals surface area contributed by atoms with Crippen LogP contribution in [-0.4, -0.2) is 43.9 Å². The Labute approximate surface area is 198 Å². The number of aryl methyl sites for hydroxylation is 1. The SMILES string of the molecule is CCOC(=O)c1c(C)oc2nc(CSc3nnc(C4COc5ccccc5O4)n3C)nc(N)c12. The number of nitrogens with zero attached hydrogens (tertiary/aromatic N) is 5. The lowest BCUT2D eigenvalue weighted by Crippen LogP contribution is -2.24. The molecule has 176 valence electrons. The molecule has 1 aliphatic heterocycles.